The van der Waals surface area contributed by atoms with Crippen LogP contribution in [0, 0.1) is 0 Å². The monoisotopic (exact) mass is 429 g/mol. The molecule has 0 saturated carbocycles. The van der Waals surface area contributed by atoms with Crippen LogP contribution in [0.2, 0.25) is 5.02 Å². The number of carboxylic acids is 1. The van der Waals surface area contributed by atoms with E-state index in [1.807, 2.05) is 4.90 Å². The summed E-state index contributed by atoms with van der Waals surface area (Å²) in [6.45, 7) is 4.03. The Labute approximate surface area is 177 Å². The Bertz CT molecular complexity index is 1140. The molecule has 9 nitrogen and oxygen atoms in total. The number of methoxy groups -OCH3 is 1. The van der Waals surface area contributed by atoms with Crippen molar-refractivity contribution in [2.45, 2.75) is 6.92 Å². The van der Waals surface area contributed by atoms with Gasteiger partial charge in [0.2, 0.25) is 17.7 Å². The van der Waals surface area contributed by atoms with Crippen LogP contribution in [-0.4, -0.2) is 70.1 Å². The number of ether oxygens (including phenoxy) is 1. The van der Waals surface area contributed by atoms with Crippen molar-refractivity contribution in [2.24, 2.45) is 0 Å². The molecule has 3 heterocycles. The minimum absolute atomic E-state index is 0.0546. The fraction of sp³-hybridized carbons (Fsp3) is 0.300. The van der Waals surface area contributed by atoms with Crippen molar-refractivity contribution >= 4 is 40.3 Å². The molecule has 0 spiro atoms. The standard InChI is InChI=1S/C20H20ClN5O4/c1-11(27)25-3-5-26(6-4-25)20-23-9-14(18(24-20)30-2)12-7-13-15(19(28)29)10-22-17(13)8-16(12)21/h7-10,22H,3-6H2,1-2H3,(H,28,29). The van der Waals surface area contributed by atoms with Crippen LogP contribution in [-0.2, 0) is 4.79 Å². The first kappa shape index (κ1) is 20.0. The molecule has 1 aliphatic rings. The average Bonchev–Trinajstić information content (AvgIpc) is 3.15. The normalized spacial score (nSPS) is 14.2. The molecule has 0 unspecified atom stereocenters. The molecule has 0 atom stereocenters. The highest BCUT2D eigenvalue weighted by molar-refractivity contribution is 6.34. The van der Waals surface area contributed by atoms with Crippen LogP contribution in [0.25, 0.3) is 22.0 Å². The molecule has 1 amide bonds. The van der Waals surface area contributed by atoms with Gasteiger partial charge in [-0.25, -0.2) is 9.78 Å². The smallest absolute Gasteiger partial charge is 0.337 e. The zero-order valence-corrected chi connectivity index (χ0v) is 17.2. The van der Waals surface area contributed by atoms with Crippen molar-refractivity contribution in [3.63, 3.8) is 0 Å². The minimum atomic E-state index is -1.03. The van der Waals surface area contributed by atoms with Gasteiger partial charge in [-0.3, -0.25) is 4.79 Å². The van der Waals surface area contributed by atoms with Gasteiger partial charge in [-0.1, -0.05) is 11.6 Å². The predicted octanol–water partition coefficient (Wildman–Crippen LogP) is 2.65. The Morgan fingerprint density at radius 3 is 2.57 bits per heavy atom. The number of aromatic amines is 1. The first-order chi connectivity index (χ1) is 14.4. The number of aromatic nitrogens is 3. The van der Waals surface area contributed by atoms with Crippen molar-refractivity contribution < 1.29 is 19.4 Å². The molecule has 2 N–H and O–H groups in total. The number of nitrogens with one attached hydrogen (secondary N) is 1. The topological polar surface area (TPSA) is 112 Å². The molecule has 1 aromatic carbocycles. The van der Waals surface area contributed by atoms with Gasteiger partial charge in [0.05, 0.1) is 23.3 Å². The summed E-state index contributed by atoms with van der Waals surface area (Å²) in [4.78, 5) is 38.7. The third-order valence-electron chi connectivity index (χ3n) is 5.23. The van der Waals surface area contributed by atoms with E-state index in [1.165, 1.54) is 13.3 Å². The number of rotatable bonds is 4. The average molecular weight is 430 g/mol. The van der Waals surface area contributed by atoms with Crippen LogP contribution in [0.5, 0.6) is 5.88 Å². The van der Waals surface area contributed by atoms with Crippen LogP contribution in [0.15, 0.2) is 24.5 Å². The molecule has 2 aromatic heterocycles. The lowest BCUT2D eigenvalue weighted by Crippen LogP contribution is -2.48. The number of amides is 1. The molecular weight excluding hydrogens is 410 g/mol. The summed E-state index contributed by atoms with van der Waals surface area (Å²) >= 11 is 6.46. The summed E-state index contributed by atoms with van der Waals surface area (Å²) < 4.78 is 5.49. The van der Waals surface area contributed by atoms with Crippen molar-refractivity contribution in [3.8, 4) is 17.0 Å². The third-order valence-corrected chi connectivity index (χ3v) is 5.54. The molecule has 10 heteroatoms. The van der Waals surface area contributed by atoms with Gasteiger partial charge in [-0.05, 0) is 12.1 Å². The van der Waals surface area contributed by atoms with Crippen LogP contribution < -0.4 is 9.64 Å². The maximum atomic E-state index is 11.5. The van der Waals surface area contributed by atoms with E-state index >= 15 is 0 Å². The van der Waals surface area contributed by atoms with Crippen molar-refractivity contribution in [2.75, 3.05) is 38.2 Å². The summed E-state index contributed by atoms with van der Waals surface area (Å²) in [6.07, 6.45) is 3.06. The van der Waals surface area contributed by atoms with E-state index in [4.69, 9.17) is 16.3 Å². The molecule has 4 rings (SSSR count). The highest BCUT2D eigenvalue weighted by atomic mass is 35.5. The van der Waals surface area contributed by atoms with Gasteiger partial charge < -0.3 is 24.6 Å². The number of carbonyl (C=O) groups excluding carboxylic acids is 1. The molecule has 3 aromatic rings. The van der Waals surface area contributed by atoms with Crippen molar-refractivity contribution in [1.29, 1.82) is 0 Å². The van der Waals surface area contributed by atoms with E-state index in [1.54, 1.807) is 30.2 Å². The summed E-state index contributed by atoms with van der Waals surface area (Å²) in [5.41, 5.74) is 1.92. The van der Waals surface area contributed by atoms with Crippen molar-refractivity contribution in [3.05, 3.63) is 35.1 Å². The highest BCUT2D eigenvalue weighted by Crippen LogP contribution is 2.37. The number of hydrogen-bond acceptors (Lipinski definition) is 6. The van der Waals surface area contributed by atoms with Gasteiger partial charge in [0.25, 0.3) is 0 Å². The Kier molecular flexibility index (Phi) is 5.21. The number of H-pyrrole nitrogens is 1. The van der Waals surface area contributed by atoms with Gasteiger partial charge >= 0.3 is 5.97 Å². The van der Waals surface area contributed by atoms with E-state index in [2.05, 4.69) is 15.0 Å². The molecule has 1 saturated heterocycles. The van der Waals surface area contributed by atoms with Crippen LogP contribution in [0.4, 0.5) is 5.95 Å². The lowest BCUT2D eigenvalue weighted by atomic mass is 10.0. The number of halogens is 1. The fourth-order valence-corrected chi connectivity index (χ4v) is 3.86. The predicted molar refractivity (Wildman–Crippen MR) is 112 cm³/mol. The molecular formula is C20H20ClN5O4. The van der Waals surface area contributed by atoms with Crippen LogP contribution >= 0.6 is 11.6 Å². The number of carboxylic acid groups (broad SMARTS) is 1. The maximum Gasteiger partial charge on any atom is 0.337 e. The number of carbonyl (C=O) groups is 2. The Morgan fingerprint density at radius 2 is 1.93 bits per heavy atom. The largest absolute Gasteiger partial charge is 0.480 e. The Morgan fingerprint density at radius 1 is 1.20 bits per heavy atom. The van der Waals surface area contributed by atoms with E-state index in [-0.39, 0.29) is 11.5 Å². The number of aromatic carboxylic acids is 1. The third kappa shape index (κ3) is 3.52. The van der Waals surface area contributed by atoms with E-state index in [0.29, 0.717) is 65.1 Å². The second-order valence-corrected chi connectivity index (χ2v) is 7.38. The second kappa shape index (κ2) is 7.83. The van der Waals surface area contributed by atoms with Crippen LogP contribution in [0.1, 0.15) is 17.3 Å². The summed E-state index contributed by atoms with van der Waals surface area (Å²) in [6, 6.07) is 3.37. The highest BCUT2D eigenvalue weighted by Gasteiger charge is 2.23. The fourth-order valence-electron chi connectivity index (χ4n) is 3.60. The molecule has 1 aliphatic heterocycles. The second-order valence-electron chi connectivity index (χ2n) is 6.97. The molecule has 1 fully saturated rings. The van der Waals surface area contributed by atoms with Gasteiger partial charge in [0, 0.05) is 62.0 Å². The number of nitrogens with zero attached hydrogens (tertiary/aromatic N) is 4. The first-order valence-corrected chi connectivity index (χ1v) is 9.72. The Hall–Kier alpha value is -3.33. The van der Waals surface area contributed by atoms with Gasteiger partial charge in [0.15, 0.2) is 0 Å². The molecule has 156 valence electrons. The van der Waals surface area contributed by atoms with Gasteiger partial charge in [0.1, 0.15) is 0 Å². The van der Waals surface area contributed by atoms with Gasteiger partial charge in [-0.2, -0.15) is 4.98 Å². The number of piperazine rings is 1. The zero-order valence-electron chi connectivity index (χ0n) is 16.5. The minimum Gasteiger partial charge on any atom is -0.480 e. The maximum absolute atomic E-state index is 11.5. The molecule has 0 radical (unpaired) electrons. The van der Waals surface area contributed by atoms with E-state index < -0.39 is 5.97 Å². The lowest BCUT2D eigenvalue weighted by Gasteiger charge is -2.34. The van der Waals surface area contributed by atoms with Gasteiger partial charge in [-0.15, -0.1) is 0 Å². The van der Waals surface area contributed by atoms with Crippen LogP contribution in [0.3, 0.4) is 0 Å². The zero-order chi connectivity index (χ0) is 21.4. The molecule has 0 aliphatic carbocycles. The summed E-state index contributed by atoms with van der Waals surface area (Å²) in [7, 11) is 1.51. The van der Waals surface area contributed by atoms with Crippen molar-refractivity contribution in [1.82, 2.24) is 19.9 Å². The summed E-state index contributed by atoms with van der Waals surface area (Å²) in [5.74, 6) is -0.136. The molecule has 0 bridgehead atoms. The SMILES string of the molecule is COc1nc(N2CCN(C(C)=O)CC2)ncc1-c1cc2c(C(=O)O)c[nH]c2cc1Cl. The first-order valence-electron chi connectivity index (χ1n) is 9.35. The molecule has 30 heavy (non-hydrogen) atoms. The summed E-state index contributed by atoms with van der Waals surface area (Å²) in [5, 5.41) is 10.4. The quantitative estimate of drug-likeness (QED) is 0.655. The number of hydrogen-bond donors (Lipinski definition) is 2. The number of benzene rings is 1. The lowest BCUT2D eigenvalue weighted by molar-refractivity contribution is -0.129. The number of fused-ring (bicyclic) bond motifs is 1. The Balaban J connectivity index is 1.70. The van der Waals surface area contributed by atoms with E-state index in [9.17, 15) is 14.7 Å². The number of anilines is 1. The van der Waals surface area contributed by atoms with E-state index in [0.717, 1.165) is 0 Å².